The molecule has 2 heterocycles. The van der Waals surface area contributed by atoms with E-state index in [1.54, 1.807) is 0 Å². The number of carboxylic acids is 1. The maximum Gasteiger partial charge on any atom is 0.314 e. The Morgan fingerprint density at radius 3 is 2.76 bits per heavy atom. The van der Waals surface area contributed by atoms with E-state index >= 15 is 0 Å². The van der Waals surface area contributed by atoms with E-state index in [4.69, 9.17) is 0 Å². The summed E-state index contributed by atoms with van der Waals surface area (Å²) in [4.78, 5) is 15.8. The third-order valence-electron chi connectivity index (χ3n) is 3.31. The molecule has 1 N–H and O–H groups in total. The first-order chi connectivity index (χ1) is 8.02. The summed E-state index contributed by atoms with van der Waals surface area (Å²) < 4.78 is 2.91. The molecule has 1 aromatic heterocycles. The standard InChI is InChI=1S/C12H17BrN2O2/c1-7(2)9(12(16)17)11-14-10(13)8-5-3-4-6-15(8)11/h7,9H,3-6H2,1-2H3,(H,16,17). The molecule has 2 rings (SSSR count). The second-order valence-electron chi connectivity index (χ2n) is 4.88. The molecular weight excluding hydrogens is 284 g/mol. The highest BCUT2D eigenvalue weighted by molar-refractivity contribution is 9.10. The minimum Gasteiger partial charge on any atom is -0.481 e. The third kappa shape index (κ3) is 2.25. The van der Waals surface area contributed by atoms with Crippen molar-refractivity contribution in [2.75, 3.05) is 0 Å². The Kier molecular flexibility index (Phi) is 3.56. The van der Waals surface area contributed by atoms with Gasteiger partial charge >= 0.3 is 5.97 Å². The number of hydrogen-bond donors (Lipinski definition) is 1. The van der Waals surface area contributed by atoms with Gasteiger partial charge in [0.2, 0.25) is 0 Å². The first-order valence-electron chi connectivity index (χ1n) is 6.00. The molecule has 5 heteroatoms. The van der Waals surface area contributed by atoms with Gasteiger partial charge in [0, 0.05) is 6.54 Å². The van der Waals surface area contributed by atoms with E-state index in [1.165, 1.54) is 0 Å². The van der Waals surface area contributed by atoms with Crippen molar-refractivity contribution >= 4 is 21.9 Å². The Balaban J connectivity index is 2.47. The van der Waals surface area contributed by atoms with Crippen LogP contribution in [0.3, 0.4) is 0 Å². The van der Waals surface area contributed by atoms with Gasteiger partial charge in [-0.2, -0.15) is 0 Å². The monoisotopic (exact) mass is 300 g/mol. The zero-order valence-electron chi connectivity index (χ0n) is 10.1. The minimum atomic E-state index is -0.786. The van der Waals surface area contributed by atoms with Crippen LogP contribution in [0.4, 0.5) is 0 Å². The van der Waals surface area contributed by atoms with Crippen LogP contribution >= 0.6 is 15.9 Å². The van der Waals surface area contributed by atoms with Gasteiger partial charge in [-0.05, 0) is 41.1 Å². The molecule has 1 aliphatic heterocycles. The third-order valence-corrected chi connectivity index (χ3v) is 3.94. The second kappa shape index (κ2) is 4.80. The lowest BCUT2D eigenvalue weighted by Crippen LogP contribution is -2.23. The molecule has 94 valence electrons. The lowest BCUT2D eigenvalue weighted by Gasteiger charge is -2.21. The molecule has 0 saturated heterocycles. The van der Waals surface area contributed by atoms with Crippen molar-refractivity contribution in [1.82, 2.24) is 9.55 Å². The number of carbonyl (C=O) groups is 1. The van der Waals surface area contributed by atoms with Crippen LogP contribution in [0.1, 0.15) is 44.1 Å². The summed E-state index contributed by atoms with van der Waals surface area (Å²) in [6.07, 6.45) is 3.24. The number of hydrogen-bond acceptors (Lipinski definition) is 2. The maximum atomic E-state index is 11.4. The summed E-state index contributed by atoms with van der Waals surface area (Å²) in [5, 5.41) is 9.34. The van der Waals surface area contributed by atoms with Gasteiger partial charge in [0.25, 0.3) is 0 Å². The van der Waals surface area contributed by atoms with Crippen molar-refractivity contribution in [3.05, 3.63) is 16.1 Å². The number of aromatic nitrogens is 2. The first-order valence-corrected chi connectivity index (χ1v) is 6.79. The van der Waals surface area contributed by atoms with Gasteiger partial charge in [-0.15, -0.1) is 0 Å². The molecule has 0 aromatic carbocycles. The molecule has 1 unspecified atom stereocenters. The van der Waals surface area contributed by atoms with Crippen molar-refractivity contribution in [1.29, 1.82) is 0 Å². The fourth-order valence-corrected chi connectivity index (χ4v) is 3.05. The normalized spacial score (nSPS) is 16.9. The van der Waals surface area contributed by atoms with E-state index in [9.17, 15) is 9.90 Å². The van der Waals surface area contributed by atoms with E-state index in [-0.39, 0.29) is 5.92 Å². The smallest absolute Gasteiger partial charge is 0.314 e. The van der Waals surface area contributed by atoms with Gasteiger partial charge in [0.1, 0.15) is 16.3 Å². The van der Waals surface area contributed by atoms with Crippen molar-refractivity contribution in [3.8, 4) is 0 Å². The highest BCUT2D eigenvalue weighted by atomic mass is 79.9. The Morgan fingerprint density at radius 1 is 1.47 bits per heavy atom. The van der Waals surface area contributed by atoms with Crippen molar-refractivity contribution in [3.63, 3.8) is 0 Å². The van der Waals surface area contributed by atoms with Crippen LogP contribution in [-0.2, 0) is 17.8 Å². The molecule has 1 atom stereocenters. The van der Waals surface area contributed by atoms with Crippen molar-refractivity contribution in [2.45, 2.75) is 45.6 Å². The first kappa shape index (κ1) is 12.6. The van der Waals surface area contributed by atoms with E-state index < -0.39 is 11.9 Å². The number of aliphatic carboxylic acids is 1. The molecule has 0 amide bonds. The van der Waals surface area contributed by atoms with Gasteiger partial charge < -0.3 is 9.67 Å². The van der Waals surface area contributed by atoms with Crippen LogP contribution in [0.2, 0.25) is 0 Å². The summed E-state index contributed by atoms with van der Waals surface area (Å²) in [5.74, 6) is -0.550. The van der Waals surface area contributed by atoms with Crippen molar-refractivity contribution < 1.29 is 9.90 Å². The fourth-order valence-electron chi connectivity index (χ4n) is 2.46. The zero-order chi connectivity index (χ0) is 12.6. The molecular formula is C12H17BrN2O2. The fraction of sp³-hybridized carbons (Fsp3) is 0.667. The molecule has 0 spiro atoms. The van der Waals surface area contributed by atoms with Crippen LogP contribution in [0.25, 0.3) is 0 Å². The van der Waals surface area contributed by atoms with Gasteiger partial charge in [0.15, 0.2) is 0 Å². The van der Waals surface area contributed by atoms with Gasteiger partial charge in [-0.25, -0.2) is 4.98 Å². The molecule has 0 fully saturated rings. The molecule has 4 nitrogen and oxygen atoms in total. The predicted octanol–water partition coefficient (Wildman–Crippen LogP) is 2.81. The number of halogens is 1. The lowest BCUT2D eigenvalue weighted by atomic mass is 9.95. The van der Waals surface area contributed by atoms with E-state index in [1.807, 2.05) is 13.8 Å². The molecule has 1 aliphatic rings. The summed E-state index contributed by atoms with van der Waals surface area (Å²) in [6, 6.07) is 0. The quantitative estimate of drug-likeness (QED) is 0.934. The summed E-state index contributed by atoms with van der Waals surface area (Å²) >= 11 is 3.44. The van der Waals surface area contributed by atoms with E-state index in [0.29, 0.717) is 5.82 Å². The Hall–Kier alpha value is -0.840. The summed E-state index contributed by atoms with van der Waals surface area (Å²) in [5.41, 5.74) is 1.15. The lowest BCUT2D eigenvalue weighted by molar-refractivity contribution is -0.140. The Bertz CT molecular complexity index is 440. The van der Waals surface area contributed by atoms with Crippen LogP contribution in [0.5, 0.6) is 0 Å². The minimum absolute atomic E-state index is 0.0489. The van der Waals surface area contributed by atoms with Crippen molar-refractivity contribution in [2.24, 2.45) is 5.92 Å². The number of rotatable bonds is 3. The molecule has 0 bridgehead atoms. The summed E-state index contributed by atoms with van der Waals surface area (Å²) in [7, 11) is 0. The number of carboxylic acid groups (broad SMARTS) is 1. The van der Waals surface area contributed by atoms with Gasteiger partial charge in [-0.3, -0.25) is 4.79 Å². The number of fused-ring (bicyclic) bond motifs is 1. The van der Waals surface area contributed by atoms with Gasteiger partial charge in [0.05, 0.1) is 5.69 Å². The van der Waals surface area contributed by atoms with E-state index in [2.05, 4.69) is 25.5 Å². The Morgan fingerprint density at radius 2 is 2.18 bits per heavy atom. The predicted molar refractivity (Wildman–Crippen MR) is 68.1 cm³/mol. The molecule has 0 saturated carbocycles. The largest absolute Gasteiger partial charge is 0.481 e. The van der Waals surface area contributed by atoms with Crippen LogP contribution < -0.4 is 0 Å². The van der Waals surface area contributed by atoms with Crippen LogP contribution in [0, 0.1) is 5.92 Å². The number of imidazole rings is 1. The maximum absolute atomic E-state index is 11.4. The van der Waals surface area contributed by atoms with Crippen LogP contribution in [0.15, 0.2) is 4.60 Å². The average Bonchev–Trinajstić information content (AvgIpc) is 2.56. The highest BCUT2D eigenvalue weighted by Crippen LogP contribution is 2.31. The SMILES string of the molecule is CC(C)C(C(=O)O)c1nc(Br)c2n1CCCC2. The second-order valence-corrected chi connectivity index (χ2v) is 5.63. The zero-order valence-corrected chi connectivity index (χ0v) is 11.7. The number of nitrogens with zero attached hydrogens (tertiary/aromatic N) is 2. The molecule has 17 heavy (non-hydrogen) atoms. The molecule has 1 aromatic rings. The average molecular weight is 301 g/mol. The molecule has 0 radical (unpaired) electrons. The molecule has 0 aliphatic carbocycles. The summed E-state index contributed by atoms with van der Waals surface area (Å²) in [6.45, 7) is 4.74. The van der Waals surface area contributed by atoms with Crippen LogP contribution in [-0.4, -0.2) is 20.6 Å². The van der Waals surface area contributed by atoms with E-state index in [0.717, 1.165) is 36.1 Å². The topological polar surface area (TPSA) is 55.1 Å². The van der Waals surface area contributed by atoms with Gasteiger partial charge in [-0.1, -0.05) is 13.8 Å². The highest BCUT2D eigenvalue weighted by Gasteiger charge is 2.31. The Labute approximate surface area is 109 Å².